The van der Waals surface area contributed by atoms with Crippen molar-refractivity contribution in [2.24, 2.45) is 11.3 Å². The first-order valence-electron chi connectivity index (χ1n) is 13.9. The topological polar surface area (TPSA) is 53.1 Å². The molecule has 2 aromatic carbocycles. The second-order valence-corrected chi connectivity index (χ2v) is 11.9. The zero-order chi connectivity index (χ0) is 27.1. The van der Waals surface area contributed by atoms with Gasteiger partial charge in [-0.15, -0.1) is 0 Å². The molecule has 206 valence electrons. The van der Waals surface area contributed by atoms with Crippen molar-refractivity contribution in [1.82, 2.24) is 14.7 Å². The summed E-state index contributed by atoms with van der Waals surface area (Å²) in [4.78, 5) is 33.4. The van der Waals surface area contributed by atoms with E-state index < -0.39 is 5.41 Å². The van der Waals surface area contributed by atoms with Crippen LogP contribution in [0.4, 0.5) is 0 Å². The number of nitrogens with zero attached hydrogens (tertiary/aromatic N) is 3. The monoisotopic (exact) mass is 539 g/mol. The summed E-state index contributed by atoms with van der Waals surface area (Å²) >= 11 is 6.19. The molecule has 2 fully saturated rings. The lowest BCUT2D eigenvalue weighted by molar-refractivity contribution is -0.145. The molecule has 38 heavy (non-hydrogen) atoms. The fraction of sp³-hybridized carbons (Fsp3) is 0.548. The van der Waals surface area contributed by atoms with Crippen molar-refractivity contribution in [3.05, 3.63) is 65.2 Å². The Bertz CT molecular complexity index is 1070. The summed E-state index contributed by atoms with van der Waals surface area (Å²) in [6.07, 6.45) is 3.85. The number of likely N-dealkylation sites (tertiary alicyclic amines) is 2. The highest BCUT2D eigenvalue weighted by Crippen LogP contribution is 2.37. The molecule has 0 bridgehead atoms. The Balaban J connectivity index is 1.47. The molecule has 6 nitrogen and oxygen atoms in total. The Kier molecular flexibility index (Phi) is 9.72. The van der Waals surface area contributed by atoms with E-state index in [1.807, 2.05) is 60.5 Å². The molecular weight excluding hydrogens is 498 g/mol. The minimum atomic E-state index is -0.448. The summed E-state index contributed by atoms with van der Waals surface area (Å²) in [5.74, 6) is 1.06. The van der Waals surface area contributed by atoms with Gasteiger partial charge in [0, 0.05) is 55.5 Å². The lowest BCUT2D eigenvalue weighted by atomic mass is 9.76. The number of amides is 2. The second-order valence-electron chi connectivity index (χ2n) is 11.4. The number of carbonyl (C=O) groups excluding carboxylic acids is 2. The van der Waals surface area contributed by atoms with Crippen LogP contribution in [-0.4, -0.2) is 72.4 Å². The predicted octanol–water partition coefficient (Wildman–Crippen LogP) is 5.50. The number of rotatable bonds is 9. The Morgan fingerprint density at radius 2 is 1.82 bits per heavy atom. The number of benzene rings is 2. The van der Waals surface area contributed by atoms with Crippen LogP contribution in [-0.2, 0) is 16.1 Å². The fourth-order valence-corrected chi connectivity index (χ4v) is 6.00. The van der Waals surface area contributed by atoms with Crippen LogP contribution in [0, 0.1) is 11.3 Å². The minimum absolute atomic E-state index is 0.0612. The Labute approximate surface area is 232 Å². The smallest absolute Gasteiger partial charge is 0.225 e. The van der Waals surface area contributed by atoms with Crippen LogP contribution in [0.5, 0.6) is 5.75 Å². The molecule has 2 aromatic rings. The van der Waals surface area contributed by atoms with Crippen LogP contribution in [0.15, 0.2) is 54.6 Å². The average Bonchev–Trinajstić information content (AvgIpc) is 2.92. The molecule has 0 aromatic heterocycles. The van der Waals surface area contributed by atoms with Crippen molar-refractivity contribution in [3.8, 4) is 5.75 Å². The van der Waals surface area contributed by atoms with E-state index in [0.717, 1.165) is 50.9 Å². The van der Waals surface area contributed by atoms with E-state index in [-0.39, 0.29) is 17.7 Å². The number of halogens is 1. The van der Waals surface area contributed by atoms with Gasteiger partial charge in [-0.25, -0.2) is 0 Å². The van der Waals surface area contributed by atoms with Crippen LogP contribution in [0.3, 0.4) is 0 Å². The molecule has 0 radical (unpaired) electrons. The molecule has 7 heteroatoms. The highest BCUT2D eigenvalue weighted by Gasteiger charge is 2.42. The number of carbonyl (C=O) groups is 2. The van der Waals surface area contributed by atoms with Crippen molar-refractivity contribution in [2.45, 2.75) is 58.5 Å². The highest BCUT2D eigenvalue weighted by molar-refractivity contribution is 6.30. The lowest BCUT2D eigenvalue weighted by Gasteiger charge is -2.44. The summed E-state index contributed by atoms with van der Waals surface area (Å²) in [5.41, 5.74) is 0.650. The fourth-order valence-electron chi connectivity index (χ4n) is 5.82. The predicted molar refractivity (Wildman–Crippen MR) is 152 cm³/mol. The summed E-state index contributed by atoms with van der Waals surface area (Å²) in [5, 5.41) is 0.614. The highest BCUT2D eigenvalue weighted by atomic mass is 35.5. The van der Waals surface area contributed by atoms with Crippen molar-refractivity contribution >= 4 is 23.4 Å². The Hall–Kier alpha value is -2.57. The van der Waals surface area contributed by atoms with E-state index >= 15 is 0 Å². The third-order valence-electron chi connectivity index (χ3n) is 8.14. The average molecular weight is 540 g/mol. The van der Waals surface area contributed by atoms with Gasteiger partial charge >= 0.3 is 0 Å². The van der Waals surface area contributed by atoms with Crippen molar-refractivity contribution < 1.29 is 14.3 Å². The summed E-state index contributed by atoms with van der Waals surface area (Å²) in [6.45, 7) is 8.58. The number of hydrogen-bond donors (Lipinski definition) is 0. The standard InChI is InChI=1S/C31H42ClN3O3/c1-24(2)34-17-13-26(14-18-34)30(37)35-16-8-15-31(22-35,23-38-28-12-7-11-27(32)19-28)20-29(36)33(3)21-25-9-5-4-6-10-25/h4-7,9-12,19,24,26H,8,13-18,20-23H2,1-3H3/t31-/m0/s1. The maximum atomic E-state index is 13.7. The molecule has 2 amide bonds. The zero-order valence-corrected chi connectivity index (χ0v) is 23.8. The van der Waals surface area contributed by atoms with E-state index in [1.54, 1.807) is 11.0 Å². The molecule has 2 saturated heterocycles. The van der Waals surface area contributed by atoms with Gasteiger partial charge < -0.3 is 19.4 Å². The van der Waals surface area contributed by atoms with Gasteiger partial charge in [0.1, 0.15) is 5.75 Å². The van der Waals surface area contributed by atoms with Crippen LogP contribution >= 0.6 is 11.6 Å². The first-order valence-corrected chi connectivity index (χ1v) is 14.3. The van der Waals surface area contributed by atoms with E-state index in [1.165, 1.54) is 0 Å². The van der Waals surface area contributed by atoms with E-state index in [4.69, 9.17) is 16.3 Å². The van der Waals surface area contributed by atoms with Gasteiger partial charge in [0.05, 0.1) is 6.61 Å². The quantitative estimate of drug-likeness (QED) is 0.422. The zero-order valence-electron chi connectivity index (χ0n) is 23.1. The molecular formula is C31H42ClN3O3. The maximum absolute atomic E-state index is 13.7. The molecule has 0 N–H and O–H groups in total. The Morgan fingerprint density at radius 3 is 2.50 bits per heavy atom. The number of hydrogen-bond acceptors (Lipinski definition) is 4. The minimum Gasteiger partial charge on any atom is -0.493 e. The van der Waals surface area contributed by atoms with Crippen LogP contribution in [0.2, 0.25) is 5.02 Å². The summed E-state index contributed by atoms with van der Waals surface area (Å²) in [6, 6.07) is 17.9. The molecule has 1 atom stereocenters. The lowest BCUT2D eigenvalue weighted by Crippen LogP contribution is -2.53. The number of piperidine rings is 2. The molecule has 0 aliphatic carbocycles. The molecule has 2 aliphatic rings. The number of ether oxygens (including phenoxy) is 1. The van der Waals surface area contributed by atoms with Gasteiger partial charge in [0.25, 0.3) is 0 Å². The summed E-state index contributed by atoms with van der Waals surface area (Å²) in [7, 11) is 1.86. The first-order chi connectivity index (χ1) is 18.2. The van der Waals surface area contributed by atoms with Crippen LogP contribution < -0.4 is 4.74 Å². The normalized spacial score (nSPS) is 20.9. The molecule has 0 unspecified atom stereocenters. The van der Waals surface area contributed by atoms with E-state index in [0.29, 0.717) is 42.9 Å². The third kappa shape index (κ3) is 7.51. The molecule has 2 aliphatic heterocycles. The van der Waals surface area contributed by atoms with E-state index in [9.17, 15) is 9.59 Å². The molecule has 0 saturated carbocycles. The summed E-state index contributed by atoms with van der Waals surface area (Å²) < 4.78 is 6.24. The molecule has 2 heterocycles. The van der Waals surface area contributed by atoms with Crippen molar-refractivity contribution in [1.29, 1.82) is 0 Å². The second kappa shape index (κ2) is 13.0. The van der Waals surface area contributed by atoms with Crippen molar-refractivity contribution in [3.63, 3.8) is 0 Å². The van der Waals surface area contributed by atoms with Crippen LogP contribution in [0.1, 0.15) is 51.5 Å². The van der Waals surface area contributed by atoms with Crippen molar-refractivity contribution in [2.75, 3.05) is 39.8 Å². The van der Waals surface area contributed by atoms with Gasteiger partial charge in [-0.2, -0.15) is 0 Å². The Morgan fingerprint density at radius 1 is 1.08 bits per heavy atom. The maximum Gasteiger partial charge on any atom is 0.225 e. The van der Waals surface area contributed by atoms with Gasteiger partial charge in [0.15, 0.2) is 0 Å². The SMILES string of the molecule is CC(C)N1CCC(C(=O)N2CCC[C@](COc3cccc(Cl)c3)(CC(=O)N(C)Cc3ccccc3)C2)CC1. The van der Waals surface area contributed by atoms with E-state index in [2.05, 4.69) is 18.7 Å². The largest absolute Gasteiger partial charge is 0.493 e. The first kappa shape index (κ1) is 28.4. The molecule has 0 spiro atoms. The van der Waals surface area contributed by atoms with Gasteiger partial charge in [-0.1, -0.05) is 48.0 Å². The molecule has 4 rings (SSSR count). The van der Waals surface area contributed by atoms with Gasteiger partial charge in [-0.05, 0) is 76.4 Å². The van der Waals surface area contributed by atoms with Gasteiger partial charge in [-0.3, -0.25) is 9.59 Å². The van der Waals surface area contributed by atoms with Gasteiger partial charge in [0.2, 0.25) is 11.8 Å². The third-order valence-corrected chi connectivity index (χ3v) is 8.37. The van der Waals surface area contributed by atoms with Crippen LogP contribution in [0.25, 0.3) is 0 Å².